The SMILES string of the molecule is C=C(C)CN1CCC(NC(=NC)NCc2nc(C(C)OCC)no2)CC1.I. The van der Waals surface area contributed by atoms with Gasteiger partial charge in [0.05, 0.1) is 6.54 Å². The van der Waals surface area contributed by atoms with E-state index < -0.39 is 0 Å². The van der Waals surface area contributed by atoms with Crippen LogP contribution in [0.4, 0.5) is 0 Å². The number of guanidine groups is 1. The number of ether oxygens (including phenoxy) is 1. The van der Waals surface area contributed by atoms with Crippen LogP contribution < -0.4 is 10.6 Å². The summed E-state index contributed by atoms with van der Waals surface area (Å²) >= 11 is 0. The van der Waals surface area contributed by atoms with Crippen LogP contribution in [0.1, 0.15) is 51.4 Å². The molecular formula is C18H33IN6O2. The minimum absolute atomic E-state index is 0. The summed E-state index contributed by atoms with van der Waals surface area (Å²) in [7, 11) is 1.77. The molecule has 1 aliphatic rings. The molecule has 2 N–H and O–H groups in total. The van der Waals surface area contributed by atoms with Gasteiger partial charge in [0.1, 0.15) is 6.10 Å². The molecule has 1 aliphatic heterocycles. The zero-order chi connectivity index (χ0) is 18.9. The van der Waals surface area contributed by atoms with Gasteiger partial charge in [-0.3, -0.25) is 9.89 Å². The Morgan fingerprint density at radius 2 is 2.15 bits per heavy atom. The molecule has 9 heteroatoms. The lowest BCUT2D eigenvalue weighted by molar-refractivity contribution is 0.0683. The standard InChI is InChI=1S/C18H32N6O2.HI/c1-6-25-14(4)17-22-16(26-23-17)11-20-18(19-5)21-15-7-9-24(10-8-15)12-13(2)3;/h14-15H,2,6-12H2,1,3-5H3,(H2,19,20,21);1H. The number of aliphatic imine (C=N–C) groups is 1. The maximum atomic E-state index is 5.47. The molecule has 0 spiro atoms. The summed E-state index contributed by atoms with van der Waals surface area (Å²) in [6, 6.07) is 0.416. The minimum atomic E-state index is -0.167. The van der Waals surface area contributed by atoms with Gasteiger partial charge in [-0.2, -0.15) is 4.98 Å². The maximum absolute atomic E-state index is 5.47. The molecule has 1 saturated heterocycles. The number of hydrogen-bond donors (Lipinski definition) is 2. The van der Waals surface area contributed by atoms with Gasteiger partial charge in [-0.25, -0.2) is 0 Å². The van der Waals surface area contributed by atoms with E-state index in [0.717, 1.165) is 38.4 Å². The molecule has 2 heterocycles. The van der Waals surface area contributed by atoms with Gasteiger partial charge < -0.3 is 19.9 Å². The average molecular weight is 492 g/mol. The first-order valence-corrected chi connectivity index (χ1v) is 9.29. The van der Waals surface area contributed by atoms with Crippen molar-refractivity contribution in [2.75, 3.05) is 33.3 Å². The number of piperidine rings is 1. The fourth-order valence-electron chi connectivity index (χ4n) is 2.99. The monoisotopic (exact) mass is 492 g/mol. The third-order valence-corrected chi connectivity index (χ3v) is 4.32. The molecule has 0 aromatic carbocycles. The van der Waals surface area contributed by atoms with Gasteiger partial charge in [-0.15, -0.1) is 24.0 Å². The summed E-state index contributed by atoms with van der Waals surface area (Å²) in [6.45, 7) is 14.1. The van der Waals surface area contributed by atoms with Gasteiger partial charge in [0, 0.05) is 39.3 Å². The van der Waals surface area contributed by atoms with Gasteiger partial charge in [-0.05, 0) is 33.6 Å². The van der Waals surface area contributed by atoms with Gasteiger partial charge in [-0.1, -0.05) is 17.3 Å². The Balaban J connectivity index is 0.00000364. The van der Waals surface area contributed by atoms with Crippen LogP contribution in [-0.2, 0) is 11.3 Å². The van der Waals surface area contributed by atoms with Gasteiger partial charge >= 0.3 is 0 Å². The summed E-state index contributed by atoms with van der Waals surface area (Å²) in [6.07, 6.45) is 2.01. The van der Waals surface area contributed by atoms with E-state index in [4.69, 9.17) is 9.26 Å². The van der Waals surface area contributed by atoms with E-state index in [2.05, 4.69) is 44.2 Å². The van der Waals surface area contributed by atoms with E-state index in [1.54, 1.807) is 7.05 Å². The van der Waals surface area contributed by atoms with Crippen LogP contribution in [0.2, 0.25) is 0 Å². The molecule has 1 unspecified atom stereocenters. The number of likely N-dealkylation sites (tertiary alicyclic amines) is 1. The highest BCUT2D eigenvalue weighted by Gasteiger charge is 2.20. The third kappa shape index (κ3) is 8.14. The Bertz CT molecular complexity index is 598. The van der Waals surface area contributed by atoms with E-state index in [1.807, 2.05) is 13.8 Å². The van der Waals surface area contributed by atoms with Crippen molar-refractivity contribution in [3.63, 3.8) is 0 Å². The van der Waals surface area contributed by atoms with Crippen LogP contribution in [0.15, 0.2) is 21.7 Å². The number of rotatable bonds is 8. The van der Waals surface area contributed by atoms with Crippen molar-refractivity contribution in [1.82, 2.24) is 25.7 Å². The fourth-order valence-corrected chi connectivity index (χ4v) is 2.99. The largest absolute Gasteiger partial charge is 0.371 e. The van der Waals surface area contributed by atoms with E-state index in [1.165, 1.54) is 5.57 Å². The van der Waals surface area contributed by atoms with Crippen molar-refractivity contribution in [3.8, 4) is 0 Å². The van der Waals surface area contributed by atoms with E-state index in [0.29, 0.717) is 30.9 Å². The van der Waals surface area contributed by atoms with Crippen LogP contribution in [0.5, 0.6) is 0 Å². The molecule has 8 nitrogen and oxygen atoms in total. The first-order chi connectivity index (χ1) is 12.5. The Kier molecular flexibility index (Phi) is 10.9. The molecule has 154 valence electrons. The highest BCUT2D eigenvalue weighted by molar-refractivity contribution is 14.0. The second-order valence-electron chi connectivity index (χ2n) is 6.72. The number of nitrogens with one attached hydrogen (secondary N) is 2. The molecule has 0 radical (unpaired) electrons. The molecule has 1 atom stereocenters. The minimum Gasteiger partial charge on any atom is -0.371 e. The van der Waals surface area contributed by atoms with Crippen molar-refractivity contribution < 1.29 is 9.26 Å². The topological polar surface area (TPSA) is 87.8 Å². The molecule has 1 fully saturated rings. The lowest BCUT2D eigenvalue weighted by Gasteiger charge is -2.33. The average Bonchev–Trinajstić information content (AvgIpc) is 3.09. The van der Waals surface area contributed by atoms with Crippen LogP contribution >= 0.6 is 24.0 Å². The van der Waals surface area contributed by atoms with Gasteiger partial charge in [0.2, 0.25) is 5.89 Å². The molecule has 0 saturated carbocycles. The number of hydrogen-bond acceptors (Lipinski definition) is 6. The number of nitrogens with zero attached hydrogens (tertiary/aromatic N) is 4. The molecule has 2 rings (SSSR count). The Morgan fingerprint density at radius 3 is 2.74 bits per heavy atom. The summed E-state index contributed by atoms with van der Waals surface area (Å²) in [5.74, 6) is 1.84. The summed E-state index contributed by atoms with van der Waals surface area (Å²) in [5.41, 5.74) is 1.21. The quantitative estimate of drug-likeness (QED) is 0.250. The predicted octanol–water partition coefficient (Wildman–Crippen LogP) is 2.49. The summed E-state index contributed by atoms with van der Waals surface area (Å²) in [4.78, 5) is 11.1. The van der Waals surface area contributed by atoms with Crippen LogP contribution in [-0.4, -0.2) is 60.3 Å². The molecule has 0 amide bonds. The van der Waals surface area contributed by atoms with Crippen LogP contribution in [0, 0.1) is 0 Å². The molecule has 1 aromatic rings. The lowest BCUT2D eigenvalue weighted by Crippen LogP contribution is -2.48. The summed E-state index contributed by atoms with van der Waals surface area (Å²) < 4.78 is 10.7. The fraction of sp³-hybridized carbons (Fsp3) is 0.722. The highest BCUT2D eigenvalue weighted by atomic mass is 127. The third-order valence-electron chi connectivity index (χ3n) is 4.32. The first kappa shape index (κ1) is 23.8. The van der Waals surface area contributed by atoms with Crippen LogP contribution in [0.25, 0.3) is 0 Å². The predicted molar refractivity (Wildman–Crippen MR) is 117 cm³/mol. The van der Waals surface area contributed by atoms with E-state index in [9.17, 15) is 0 Å². The van der Waals surface area contributed by atoms with Crippen molar-refractivity contribution >= 4 is 29.9 Å². The van der Waals surface area contributed by atoms with E-state index >= 15 is 0 Å². The zero-order valence-electron chi connectivity index (χ0n) is 16.8. The van der Waals surface area contributed by atoms with E-state index in [-0.39, 0.29) is 30.1 Å². The summed E-state index contributed by atoms with van der Waals surface area (Å²) in [5, 5.41) is 10.7. The molecule has 0 aliphatic carbocycles. The van der Waals surface area contributed by atoms with Crippen LogP contribution in [0.3, 0.4) is 0 Å². The molecule has 0 bridgehead atoms. The zero-order valence-corrected chi connectivity index (χ0v) is 19.2. The van der Waals surface area contributed by atoms with Crippen molar-refractivity contribution in [2.45, 2.75) is 52.3 Å². The first-order valence-electron chi connectivity index (χ1n) is 9.29. The number of aromatic nitrogens is 2. The number of halogens is 1. The van der Waals surface area contributed by atoms with Crippen molar-refractivity contribution in [2.24, 2.45) is 4.99 Å². The molecular weight excluding hydrogens is 459 g/mol. The maximum Gasteiger partial charge on any atom is 0.246 e. The second kappa shape index (κ2) is 12.3. The van der Waals surface area contributed by atoms with Crippen molar-refractivity contribution in [1.29, 1.82) is 0 Å². The smallest absolute Gasteiger partial charge is 0.246 e. The Labute approximate surface area is 179 Å². The highest BCUT2D eigenvalue weighted by Crippen LogP contribution is 2.13. The second-order valence-corrected chi connectivity index (χ2v) is 6.72. The Hall–Kier alpha value is -1.20. The Morgan fingerprint density at radius 1 is 1.44 bits per heavy atom. The normalized spacial score (nSPS) is 17.3. The van der Waals surface area contributed by atoms with Crippen molar-refractivity contribution in [3.05, 3.63) is 23.9 Å². The lowest BCUT2D eigenvalue weighted by atomic mass is 10.0. The molecule has 27 heavy (non-hydrogen) atoms. The molecule has 1 aromatic heterocycles. The van der Waals surface area contributed by atoms with Gasteiger partial charge in [0.25, 0.3) is 0 Å². The van der Waals surface area contributed by atoms with Gasteiger partial charge in [0.15, 0.2) is 11.8 Å².